The molecule has 1 aliphatic heterocycles. The molecule has 2 fully saturated rings. The van der Waals surface area contributed by atoms with E-state index in [2.05, 4.69) is 15.9 Å². The fourth-order valence-corrected chi connectivity index (χ4v) is 3.70. The number of ether oxygens (including phenoxy) is 1. The summed E-state index contributed by atoms with van der Waals surface area (Å²) in [6.07, 6.45) is 0.634. The van der Waals surface area contributed by atoms with Crippen molar-refractivity contribution in [3.8, 4) is 0 Å². The second kappa shape index (κ2) is 4.03. The standard InChI is InChI=1S/C8H11BrO5S/c9-4-8(10)13-6-2-1-5-3-7(6)14-15(5,11)12/h5-7H,1-4H2. The maximum absolute atomic E-state index is 11.4. The number of fused-ring (bicyclic) bond motifs is 2. The zero-order valence-electron chi connectivity index (χ0n) is 7.89. The molecular weight excluding hydrogens is 288 g/mol. The number of halogens is 1. The topological polar surface area (TPSA) is 69.7 Å². The molecule has 0 aromatic carbocycles. The monoisotopic (exact) mass is 298 g/mol. The predicted molar refractivity (Wildman–Crippen MR) is 55.1 cm³/mol. The average molecular weight is 299 g/mol. The average Bonchev–Trinajstić information content (AvgIpc) is 2.43. The zero-order chi connectivity index (χ0) is 11.1. The van der Waals surface area contributed by atoms with Crippen LogP contribution in [0, 0.1) is 0 Å². The molecule has 86 valence electrons. The zero-order valence-corrected chi connectivity index (χ0v) is 10.3. The van der Waals surface area contributed by atoms with Gasteiger partial charge in [0.1, 0.15) is 17.5 Å². The van der Waals surface area contributed by atoms with Crippen molar-refractivity contribution in [2.24, 2.45) is 0 Å². The number of hydrogen-bond donors (Lipinski definition) is 0. The summed E-state index contributed by atoms with van der Waals surface area (Å²) >= 11 is 2.98. The van der Waals surface area contributed by atoms with E-state index in [0.29, 0.717) is 19.3 Å². The van der Waals surface area contributed by atoms with Gasteiger partial charge in [-0.25, -0.2) is 0 Å². The van der Waals surface area contributed by atoms with E-state index in [1.165, 1.54) is 0 Å². The molecule has 5 nitrogen and oxygen atoms in total. The van der Waals surface area contributed by atoms with E-state index in [0.717, 1.165) is 0 Å². The van der Waals surface area contributed by atoms with E-state index in [9.17, 15) is 13.2 Å². The first-order valence-electron chi connectivity index (χ1n) is 4.70. The largest absolute Gasteiger partial charge is 0.459 e. The first kappa shape index (κ1) is 11.3. The van der Waals surface area contributed by atoms with Crippen molar-refractivity contribution in [1.29, 1.82) is 0 Å². The van der Waals surface area contributed by atoms with Crippen LogP contribution in [0.3, 0.4) is 0 Å². The Balaban J connectivity index is 2.04. The molecular formula is C8H11BrO5S. The smallest absolute Gasteiger partial charge is 0.316 e. The molecule has 0 aromatic rings. The highest BCUT2D eigenvalue weighted by molar-refractivity contribution is 9.09. The van der Waals surface area contributed by atoms with Gasteiger partial charge in [0, 0.05) is 0 Å². The third kappa shape index (κ3) is 2.19. The van der Waals surface area contributed by atoms with Crippen LogP contribution in [-0.2, 0) is 23.8 Å². The normalized spacial score (nSPS) is 37.5. The van der Waals surface area contributed by atoms with Gasteiger partial charge in [0.2, 0.25) is 0 Å². The second-order valence-corrected chi connectivity index (χ2v) is 6.13. The molecule has 0 spiro atoms. The van der Waals surface area contributed by atoms with Gasteiger partial charge in [-0.05, 0) is 19.3 Å². The Labute approximate surface area is 96.4 Å². The number of alkyl halides is 1. The first-order chi connectivity index (χ1) is 7.03. The molecule has 1 saturated carbocycles. The van der Waals surface area contributed by atoms with Crippen molar-refractivity contribution in [3.63, 3.8) is 0 Å². The van der Waals surface area contributed by atoms with Gasteiger partial charge in [-0.2, -0.15) is 8.42 Å². The summed E-state index contributed by atoms with van der Waals surface area (Å²) in [4.78, 5) is 11.0. The van der Waals surface area contributed by atoms with Crippen LogP contribution in [-0.4, -0.2) is 37.2 Å². The first-order valence-corrected chi connectivity index (χ1v) is 7.30. The molecule has 2 aliphatic rings. The van der Waals surface area contributed by atoms with E-state index >= 15 is 0 Å². The highest BCUT2D eigenvalue weighted by atomic mass is 79.9. The van der Waals surface area contributed by atoms with Crippen molar-refractivity contribution >= 4 is 32.0 Å². The van der Waals surface area contributed by atoms with Crippen LogP contribution >= 0.6 is 15.9 Å². The molecule has 1 saturated heterocycles. The van der Waals surface area contributed by atoms with Crippen LogP contribution in [0.15, 0.2) is 0 Å². The minimum atomic E-state index is -3.40. The van der Waals surface area contributed by atoms with Gasteiger partial charge in [0.05, 0.1) is 5.25 Å². The fourth-order valence-electron chi connectivity index (χ4n) is 2.01. The minimum absolute atomic E-state index is 0.117. The summed E-state index contributed by atoms with van der Waals surface area (Å²) in [7, 11) is -3.40. The molecule has 0 aromatic heterocycles. The molecule has 1 aliphatic carbocycles. The van der Waals surface area contributed by atoms with Crippen LogP contribution in [0.5, 0.6) is 0 Å². The molecule has 0 radical (unpaired) electrons. The van der Waals surface area contributed by atoms with Crippen molar-refractivity contribution in [1.82, 2.24) is 0 Å². The quantitative estimate of drug-likeness (QED) is 0.424. The van der Waals surface area contributed by atoms with E-state index in [1.54, 1.807) is 0 Å². The third-order valence-electron chi connectivity index (χ3n) is 2.74. The van der Waals surface area contributed by atoms with Crippen molar-refractivity contribution in [2.45, 2.75) is 36.7 Å². The molecule has 2 bridgehead atoms. The fraction of sp³-hybridized carbons (Fsp3) is 0.875. The van der Waals surface area contributed by atoms with Crippen LogP contribution in [0.25, 0.3) is 0 Å². The van der Waals surface area contributed by atoms with Crippen LogP contribution in [0.2, 0.25) is 0 Å². The summed E-state index contributed by atoms with van der Waals surface area (Å²) < 4.78 is 32.7. The summed E-state index contributed by atoms with van der Waals surface area (Å²) in [5.74, 6) is -0.383. The van der Waals surface area contributed by atoms with Gasteiger partial charge < -0.3 is 4.74 Å². The van der Waals surface area contributed by atoms with Gasteiger partial charge >= 0.3 is 5.97 Å². The number of carbonyl (C=O) groups excluding carboxylic acids is 1. The maximum atomic E-state index is 11.4. The SMILES string of the molecule is O=C(CBr)OC1CCC2CC1OS2(=O)=O. The van der Waals surface area contributed by atoms with Gasteiger partial charge in [0.15, 0.2) is 0 Å². The Hall–Kier alpha value is -0.140. The molecule has 0 N–H and O–H groups in total. The lowest BCUT2D eigenvalue weighted by molar-refractivity contribution is -0.151. The number of carbonyl (C=O) groups is 1. The van der Waals surface area contributed by atoms with Crippen molar-refractivity contribution in [2.75, 3.05) is 5.33 Å². The molecule has 2 rings (SSSR count). The molecule has 3 atom stereocenters. The molecule has 7 heteroatoms. The molecule has 0 amide bonds. The van der Waals surface area contributed by atoms with Crippen LogP contribution in [0.1, 0.15) is 19.3 Å². The highest BCUT2D eigenvalue weighted by Gasteiger charge is 2.48. The summed E-state index contributed by atoms with van der Waals surface area (Å²) in [6.45, 7) is 0. The lowest BCUT2D eigenvalue weighted by Crippen LogP contribution is -2.34. The van der Waals surface area contributed by atoms with Crippen molar-refractivity contribution < 1.29 is 22.1 Å². The van der Waals surface area contributed by atoms with Gasteiger partial charge in [-0.3, -0.25) is 8.98 Å². The minimum Gasteiger partial charge on any atom is -0.459 e. The Morgan fingerprint density at radius 3 is 2.87 bits per heavy atom. The van der Waals surface area contributed by atoms with E-state index in [4.69, 9.17) is 8.92 Å². The summed E-state index contributed by atoms with van der Waals surface area (Å²) in [6, 6.07) is 0. The predicted octanol–water partition coefficient (Wildman–Crippen LogP) is 0.574. The maximum Gasteiger partial charge on any atom is 0.316 e. The molecule has 15 heavy (non-hydrogen) atoms. The lowest BCUT2D eigenvalue weighted by atomic mass is 9.94. The third-order valence-corrected chi connectivity index (χ3v) is 4.96. The Morgan fingerprint density at radius 2 is 2.20 bits per heavy atom. The van der Waals surface area contributed by atoms with Gasteiger partial charge in [0.25, 0.3) is 10.1 Å². The molecule has 3 unspecified atom stereocenters. The van der Waals surface area contributed by atoms with Crippen LogP contribution in [0.4, 0.5) is 0 Å². The second-order valence-electron chi connectivity index (χ2n) is 3.72. The number of esters is 1. The highest BCUT2D eigenvalue weighted by Crippen LogP contribution is 2.37. The van der Waals surface area contributed by atoms with E-state index in [1.807, 2.05) is 0 Å². The van der Waals surface area contributed by atoms with Crippen LogP contribution < -0.4 is 0 Å². The van der Waals surface area contributed by atoms with Gasteiger partial charge in [-0.1, -0.05) is 15.9 Å². The Bertz CT molecular complexity index is 365. The summed E-state index contributed by atoms with van der Waals surface area (Å²) in [5.41, 5.74) is 0. The number of rotatable bonds is 2. The lowest BCUT2D eigenvalue weighted by Gasteiger charge is -2.24. The van der Waals surface area contributed by atoms with Gasteiger partial charge in [-0.15, -0.1) is 0 Å². The Morgan fingerprint density at radius 1 is 1.47 bits per heavy atom. The van der Waals surface area contributed by atoms with Crippen molar-refractivity contribution in [3.05, 3.63) is 0 Å². The van der Waals surface area contributed by atoms with E-state index in [-0.39, 0.29) is 11.3 Å². The Kier molecular flexibility index (Phi) is 3.05. The molecule has 1 heterocycles. The van der Waals surface area contributed by atoms with E-state index < -0.39 is 27.6 Å². The number of hydrogen-bond acceptors (Lipinski definition) is 5. The summed E-state index contributed by atoms with van der Waals surface area (Å²) in [5, 5.41) is -0.284.